The summed E-state index contributed by atoms with van der Waals surface area (Å²) in [6.45, 7) is 7.44. The molecule has 1 amide bonds. The molecule has 0 aliphatic heterocycles. The summed E-state index contributed by atoms with van der Waals surface area (Å²) in [7, 11) is -3.94. The largest absolute Gasteiger partial charge is 0.478 e. The number of amides is 1. The normalized spacial score (nSPS) is 13.1. The average Bonchev–Trinajstić information content (AvgIpc) is 2.61. The predicted octanol–water partition coefficient (Wildman–Crippen LogP) is 2.90. The van der Waals surface area contributed by atoms with Crippen LogP contribution in [0, 0.1) is 5.82 Å². The second-order valence-corrected chi connectivity index (χ2v) is 8.74. The van der Waals surface area contributed by atoms with Crippen molar-refractivity contribution in [1.29, 1.82) is 0 Å². The summed E-state index contributed by atoms with van der Waals surface area (Å²) in [6.07, 6.45) is -1.10. The molecule has 2 aromatic carbocycles. The first-order valence-electron chi connectivity index (χ1n) is 8.34. The van der Waals surface area contributed by atoms with Gasteiger partial charge in [0.15, 0.2) is 17.7 Å². The molecule has 0 radical (unpaired) electrons. The van der Waals surface area contributed by atoms with Gasteiger partial charge in [-0.2, -0.15) is 0 Å². The molecular formula is C19H23FN2O4S. The van der Waals surface area contributed by atoms with Crippen molar-refractivity contribution in [2.75, 3.05) is 0 Å². The van der Waals surface area contributed by atoms with Crippen molar-refractivity contribution in [2.45, 2.75) is 44.1 Å². The number of hydrazine groups is 1. The summed E-state index contributed by atoms with van der Waals surface area (Å²) in [6, 6.07) is 12.0. The van der Waals surface area contributed by atoms with Gasteiger partial charge < -0.3 is 4.74 Å². The Morgan fingerprint density at radius 3 is 2.22 bits per heavy atom. The third kappa shape index (κ3) is 5.51. The van der Waals surface area contributed by atoms with Gasteiger partial charge in [-0.15, -0.1) is 4.83 Å². The zero-order valence-corrected chi connectivity index (χ0v) is 16.4. The van der Waals surface area contributed by atoms with Crippen LogP contribution in [0.5, 0.6) is 5.75 Å². The topological polar surface area (TPSA) is 84.5 Å². The molecule has 0 bridgehead atoms. The first-order valence-corrected chi connectivity index (χ1v) is 9.82. The average molecular weight is 394 g/mol. The summed E-state index contributed by atoms with van der Waals surface area (Å²) in [4.78, 5) is 14.1. The van der Waals surface area contributed by atoms with Crippen molar-refractivity contribution in [3.05, 3.63) is 59.9 Å². The van der Waals surface area contributed by atoms with Crippen molar-refractivity contribution in [1.82, 2.24) is 10.3 Å². The summed E-state index contributed by atoms with van der Waals surface area (Å²) in [5, 5.41) is 0. The number of nitrogens with one attached hydrogen (secondary N) is 2. The highest BCUT2D eigenvalue weighted by atomic mass is 32.2. The van der Waals surface area contributed by atoms with Crippen LogP contribution in [-0.2, 0) is 20.2 Å². The number of hydrogen-bond donors (Lipinski definition) is 2. The van der Waals surface area contributed by atoms with Crippen molar-refractivity contribution in [3.8, 4) is 5.75 Å². The van der Waals surface area contributed by atoms with Gasteiger partial charge in [0.2, 0.25) is 0 Å². The number of carbonyl (C=O) groups is 1. The fourth-order valence-electron chi connectivity index (χ4n) is 2.20. The maximum atomic E-state index is 13.6. The van der Waals surface area contributed by atoms with Gasteiger partial charge in [-0.25, -0.2) is 12.8 Å². The van der Waals surface area contributed by atoms with Crippen molar-refractivity contribution in [3.63, 3.8) is 0 Å². The summed E-state index contributed by atoms with van der Waals surface area (Å²) < 4.78 is 43.4. The van der Waals surface area contributed by atoms with Gasteiger partial charge in [0.05, 0.1) is 4.90 Å². The predicted molar refractivity (Wildman–Crippen MR) is 100 cm³/mol. The first-order chi connectivity index (χ1) is 12.5. The van der Waals surface area contributed by atoms with Crippen LogP contribution >= 0.6 is 0 Å². The van der Waals surface area contributed by atoms with E-state index in [9.17, 15) is 17.6 Å². The lowest BCUT2D eigenvalue weighted by Gasteiger charge is -2.19. The van der Waals surface area contributed by atoms with Gasteiger partial charge in [0, 0.05) is 0 Å². The van der Waals surface area contributed by atoms with E-state index in [1.807, 2.05) is 25.6 Å². The summed E-state index contributed by atoms with van der Waals surface area (Å²) in [5.41, 5.74) is 2.96. The van der Waals surface area contributed by atoms with E-state index in [4.69, 9.17) is 4.74 Å². The smallest absolute Gasteiger partial charge is 0.275 e. The van der Waals surface area contributed by atoms with Crippen LogP contribution in [0.1, 0.15) is 33.3 Å². The van der Waals surface area contributed by atoms with Crippen molar-refractivity contribution in [2.24, 2.45) is 0 Å². The van der Waals surface area contributed by atoms with E-state index in [0.717, 1.165) is 5.56 Å². The minimum atomic E-state index is -3.94. The molecule has 2 rings (SSSR count). The lowest BCUT2D eigenvalue weighted by atomic mass is 9.87. The lowest BCUT2D eigenvalue weighted by Crippen LogP contribution is -2.47. The Balaban J connectivity index is 1.99. The van der Waals surface area contributed by atoms with Crippen LogP contribution in [0.25, 0.3) is 0 Å². The molecule has 0 saturated carbocycles. The van der Waals surface area contributed by atoms with E-state index >= 15 is 0 Å². The fraction of sp³-hybridized carbons (Fsp3) is 0.316. The van der Waals surface area contributed by atoms with Crippen LogP contribution < -0.4 is 15.0 Å². The quantitative estimate of drug-likeness (QED) is 0.738. The number of benzene rings is 2. The van der Waals surface area contributed by atoms with Gasteiger partial charge in [0.25, 0.3) is 15.9 Å². The maximum Gasteiger partial charge on any atom is 0.275 e. The third-order valence-electron chi connectivity index (χ3n) is 3.85. The molecule has 146 valence electrons. The van der Waals surface area contributed by atoms with E-state index in [1.165, 1.54) is 37.3 Å². The Kier molecular flexibility index (Phi) is 6.22. The second-order valence-electron chi connectivity index (χ2n) is 7.06. The van der Waals surface area contributed by atoms with Crippen LogP contribution in [-0.4, -0.2) is 20.4 Å². The van der Waals surface area contributed by atoms with Crippen molar-refractivity contribution >= 4 is 15.9 Å². The number of rotatable bonds is 6. The molecule has 0 aromatic heterocycles. The van der Waals surface area contributed by atoms with E-state index in [-0.39, 0.29) is 16.1 Å². The number of ether oxygens (including phenoxy) is 1. The van der Waals surface area contributed by atoms with Gasteiger partial charge in [0.1, 0.15) is 0 Å². The highest BCUT2D eigenvalue weighted by Gasteiger charge is 2.21. The highest BCUT2D eigenvalue weighted by molar-refractivity contribution is 7.89. The van der Waals surface area contributed by atoms with E-state index in [2.05, 4.69) is 5.43 Å². The maximum absolute atomic E-state index is 13.6. The Morgan fingerprint density at radius 2 is 1.67 bits per heavy atom. The zero-order chi connectivity index (χ0) is 20.2. The van der Waals surface area contributed by atoms with E-state index in [1.54, 1.807) is 18.2 Å². The molecule has 0 unspecified atom stereocenters. The van der Waals surface area contributed by atoms with Crippen LogP contribution in [0.4, 0.5) is 4.39 Å². The van der Waals surface area contributed by atoms with Gasteiger partial charge in [-0.3, -0.25) is 10.2 Å². The monoisotopic (exact) mass is 394 g/mol. The summed E-state index contributed by atoms with van der Waals surface area (Å²) in [5.74, 6) is -1.47. The Hall–Kier alpha value is -2.45. The molecule has 2 aromatic rings. The Labute approximate surface area is 158 Å². The molecule has 0 spiro atoms. The molecule has 0 fully saturated rings. The van der Waals surface area contributed by atoms with Gasteiger partial charge in [-0.05, 0) is 42.2 Å². The number of halogens is 1. The molecule has 27 heavy (non-hydrogen) atoms. The molecule has 0 saturated heterocycles. The van der Waals surface area contributed by atoms with E-state index < -0.39 is 27.9 Å². The summed E-state index contributed by atoms with van der Waals surface area (Å²) >= 11 is 0. The minimum absolute atomic E-state index is 0.0125. The molecule has 8 heteroatoms. The highest BCUT2D eigenvalue weighted by Crippen LogP contribution is 2.23. The molecule has 1 atom stereocenters. The van der Waals surface area contributed by atoms with Gasteiger partial charge >= 0.3 is 0 Å². The number of para-hydroxylation sites is 1. The molecule has 2 N–H and O–H groups in total. The van der Waals surface area contributed by atoms with Crippen molar-refractivity contribution < 1.29 is 22.3 Å². The SMILES string of the molecule is C[C@@H](Oc1ccccc1F)C(=O)NNS(=O)(=O)c1ccc(C(C)(C)C)cc1. The first kappa shape index (κ1) is 20.9. The number of hydrogen-bond acceptors (Lipinski definition) is 4. The number of sulfonamides is 1. The minimum Gasteiger partial charge on any atom is -0.478 e. The molecule has 0 aliphatic carbocycles. The standard InChI is InChI=1S/C19H23FN2O4S/c1-13(26-17-8-6-5-7-16(17)20)18(23)21-22-27(24,25)15-11-9-14(10-12-15)19(2,3)4/h5-13,22H,1-4H3,(H,21,23)/t13-/m1/s1. The zero-order valence-electron chi connectivity index (χ0n) is 15.6. The molecular weight excluding hydrogens is 371 g/mol. The fourth-order valence-corrected chi connectivity index (χ4v) is 3.04. The van der Waals surface area contributed by atoms with E-state index in [0.29, 0.717) is 0 Å². The van der Waals surface area contributed by atoms with Gasteiger partial charge in [-0.1, -0.05) is 45.0 Å². The lowest BCUT2D eigenvalue weighted by molar-refractivity contribution is -0.127. The Bertz CT molecular complexity index is 906. The van der Waals surface area contributed by atoms with Crippen LogP contribution in [0.15, 0.2) is 53.4 Å². The second kappa shape index (κ2) is 8.06. The third-order valence-corrected chi connectivity index (χ3v) is 5.11. The van der Waals surface area contributed by atoms with Crippen LogP contribution in [0.3, 0.4) is 0 Å². The molecule has 0 heterocycles. The van der Waals surface area contributed by atoms with Crippen LogP contribution in [0.2, 0.25) is 0 Å². The number of carbonyl (C=O) groups excluding carboxylic acids is 1. The Morgan fingerprint density at radius 1 is 1.07 bits per heavy atom. The molecule has 0 aliphatic rings. The molecule has 6 nitrogen and oxygen atoms in total.